The number of pyridine rings is 1. The lowest BCUT2D eigenvalue weighted by molar-refractivity contribution is 0.729. The fourth-order valence-electron chi connectivity index (χ4n) is 2.12. The Morgan fingerprint density at radius 2 is 2.00 bits per heavy atom. The average molecular weight is 307 g/mol. The number of nitrogens with zero attached hydrogens (tertiary/aromatic N) is 1. The molecule has 1 unspecified atom stereocenters. The van der Waals surface area contributed by atoms with Crippen molar-refractivity contribution in [1.29, 1.82) is 0 Å². The van der Waals surface area contributed by atoms with Crippen molar-refractivity contribution in [2.24, 2.45) is 5.73 Å². The highest BCUT2D eigenvalue weighted by Crippen LogP contribution is 2.32. The first-order chi connectivity index (χ1) is 9.44. The lowest BCUT2D eigenvalue weighted by atomic mass is 10.1. The maximum atomic E-state index is 6.09. The first-order valence-corrected chi connectivity index (χ1v) is 7.80. The topological polar surface area (TPSA) is 38.9 Å². The number of halogens is 1. The second kappa shape index (κ2) is 6.61. The van der Waals surface area contributed by atoms with Gasteiger partial charge in [-0.15, -0.1) is 0 Å². The average Bonchev–Trinajstić information content (AvgIpc) is 2.30. The first kappa shape index (κ1) is 15.4. The summed E-state index contributed by atoms with van der Waals surface area (Å²) in [6, 6.07) is 10.2. The fourth-order valence-corrected chi connectivity index (χ4v) is 3.39. The largest absolute Gasteiger partial charge is 0.328 e. The van der Waals surface area contributed by atoms with Crippen LogP contribution in [0.25, 0.3) is 0 Å². The maximum absolute atomic E-state index is 6.09. The third kappa shape index (κ3) is 4.23. The fraction of sp³-hybridized carbons (Fsp3) is 0.312. The van der Waals surface area contributed by atoms with E-state index in [9.17, 15) is 0 Å². The normalized spacial score (nSPS) is 12.4. The molecule has 4 heteroatoms. The van der Waals surface area contributed by atoms with E-state index >= 15 is 0 Å². The highest BCUT2D eigenvalue weighted by Gasteiger charge is 2.09. The third-order valence-corrected chi connectivity index (χ3v) is 4.12. The molecule has 2 aromatic rings. The van der Waals surface area contributed by atoms with Crippen molar-refractivity contribution in [2.75, 3.05) is 0 Å². The Hall–Kier alpha value is -1.03. The van der Waals surface area contributed by atoms with Gasteiger partial charge in [-0.25, -0.2) is 4.98 Å². The van der Waals surface area contributed by atoms with Gasteiger partial charge >= 0.3 is 0 Å². The van der Waals surface area contributed by atoms with Crippen LogP contribution in [-0.2, 0) is 6.42 Å². The van der Waals surface area contributed by atoms with Crippen molar-refractivity contribution in [3.63, 3.8) is 0 Å². The van der Waals surface area contributed by atoms with Gasteiger partial charge in [-0.1, -0.05) is 23.4 Å². The van der Waals surface area contributed by atoms with Crippen molar-refractivity contribution in [2.45, 2.75) is 43.2 Å². The Morgan fingerprint density at radius 1 is 1.25 bits per heavy atom. The molecule has 20 heavy (non-hydrogen) atoms. The smallest absolute Gasteiger partial charge is 0.101 e. The predicted octanol–water partition coefficient (Wildman–Crippen LogP) is 4.39. The van der Waals surface area contributed by atoms with Crippen LogP contribution in [0.4, 0.5) is 0 Å². The van der Waals surface area contributed by atoms with Crippen LogP contribution in [0.5, 0.6) is 0 Å². The minimum absolute atomic E-state index is 0.111. The van der Waals surface area contributed by atoms with Crippen molar-refractivity contribution in [3.05, 3.63) is 52.2 Å². The molecule has 1 aromatic carbocycles. The lowest BCUT2D eigenvalue weighted by Crippen LogP contribution is -2.18. The van der Waals surface area contributed by atoms with E-state index < -0.39 is 0 Å². The molecule has 1 aromatic heterocycles. The highest BCUT2D eigenvalue weighted by atomic mass is 35.5. The van der Waals surface area contributed by atoms with Gasteiger partial charge in [0.05, 0.1) is 0 Å². The highest BCUT2D eigenvalue weighted by molar-refractivity contribution is 7.99. The Labute approximate surface area is 129 Å². The van der Waals surface area contributed by atoms with Crippen LogP contribution in [0, 0.1) is 13.8 Å². The summed E-state index contributed by atoms with van der Waals surface area (Å²) in [7, 11) is 0. The van der Waals surface area contributed by atoms with E-state index in [4.69, 9.17) is 17.3 Å². The molecule has 0 aliphatic carbocycles. The Bertz CT molecular complexity index is 591. The number of benzene rings is 1. The number of hydrogen-bond acceptors (Lipinski definition) is 3. The van der Waals surface area contributed by atoms with Gasteiger partial charge in [0, 0.05) is 21.7 Å². The van der Waals surface area contributed by atoms with Crippen LogP contribution in [0.3, 0.4) is 0 Å². The molecule has 0 bridgehead atoms. The molecule has 0 amide bonds. The number of nitrogens with two attached hydrogens (primary N) is 1. The molecule has 106 valence electrons. The summed E-state index contributed by atoms with van der Waals surface area (Å²) in [6.07, 6.45) is 0.813. The van der Waals surface area contributed by atoms with Gasteiger partial charge in [-0.3, -0.25) is 0 Å². The van der Waals surface area contributed by atoms with Crippen LogP contribution >= 0.6 is 23.4 Å². The Morgan fingerprint density at radius 3 is 2.65 bits per heavy atom. The molecule has 1 heterocycles. The SMILES string of the molecule is Cc1cc(C)nc(Sc2ccc(Cl)cc2CC(C)N)c1. The van der Waals surface area contributed by atoms with Gasteiger partial charge in [0.25, 0.3) is 0 Å². The van der Waals surface area contributed by atoms with Crippen LogP contribution < -0.4 is 5.73 Å². The van der Waals surface area contributed by atoms with E-state index in [1.54, 1.807) is 11.8 Å². The molecule has 2 rings (SSSR count). The molecule has 1 atom stereocenters. The minimum atomic E-state index is 0.111. The van der Waals surface area contributed by atoms with Crippen molar-refractivity contribution >= 4 is 23.4 Å². The molecule has 2 N–H and O–H groups in total. The quantitative estimate of drug-likeness (QED) is 0.910. The van der Waals surface area contributed by atoms with Crippen LogP contribution in [0.1, 0.15) is 23.7 Å². The van der Waals surface area contributed by atoms with Crippen molar-refractivity contribution in [3.8, 4) is 0 Å². The lowest BCUT2D eigenvalue weighted by Gasteiger charge is -2.12. The summed E-state index contributed by atoms with van der Waals surface area (Å²) in [4.78, 5) is 5.74. The van der Waals surface area contributed by atoms with Crippen molar-refractivity contribution in [1.82, 2.24) is 4.98 Å². The van der Waals surface area contributed by atoms with Crippen LogP contribution in [0.2, 0.25) is 5.02 Å². The summed E-state index contributed by atoms with van der Waals surface area (Å²) in [6.45, 7) is 6.11. The molecule has 0 fully saturated rings. The van der Waals surface area contributed by atoms with Gasteiger partial charge in [-0.05, 0) is 68.7 Å². The molecular weight excluding hydrogens is 288 g/mol. The summed E-state index contributed by atoms with van der Waals surface area (Å²) in [5.41, 5.74) is 9.36. The van der Waals surface area contributed by atoms with Gasteiger partial charge < -0.3 is 5.73 Å². The molecule has 0 saturated heterocycles. The predicted molar refractivity (Wildman–Crippen MR) is 86.6 cm³/mol. The third-order valence-electron chi connectivity index (χ3n) is 2.85. The van der Waals surface area contributed by atoms with Gasteiger partial charge in [0.15, 0.2) is 0 Å². The van der Waals surface area contributed by atoms with Gasteiger partial charge in [-0.2, -0.15) is 0 Å². The van der Waals surface area contributed by atoms with E-state index in [1.807, 2.05) is 32.0 Å². The van der Waals surface area contributed by atoms with Crippen LogP contribution in [0.15, 0.2) is 40.3 Å². The number of rotatable bonds is 4. The van der Waals surface area contributed by atoms with E-state index in [2.05, 4.69) is 24.0 Å². The molecule has 0 aliphatic heterocycles. The minimum Gasteiger partial charge on any atom is -0.328 e. The zero-order valence-corrected chi connectivity index (χ0v) is 13.6. The molecule has 0 spiro atoms. The number of aromatic nitrogens is 1. The zero-order valence-electron chi connectivity index (χ0n) is 12.0. The molecule has 0 aliphatic rings. The molecule has 0 radical (unpaired) electrons. The second-order valence-corrected chi connectivity index (χ2v) is 6.66. The second-order valence-electron chi connectivity index (χ2n) is 5.16. The molecule has 2 nitrogen and oxygen atoms in total. The zero-order chi connectivity index (χ0) is 14.7. The number of hydrogen-bond donors (Lipinski definition) is 1. The van der Waals surface area contributed by atoms with Gasteiger partial charge in [0.1, 0.15) is 5.03 Å². The standard InChI is InChI=1S/C16H19ClN2S/c1-10-6-12(3)19-16(7-10)20-15-5-4-14(17)9-13(15)8-11(2)18/h4-7,9,11H,8,18H2,1-3H3. The van der Waals surface area contributed by atoms with E-state index in [0.29, 0.717) is 0 Å². The first-order valence-electron chi connectivity index (χ1n) is 6.61. The summed E-state index contributed by atoms with van der Waals surface area (Å²) in [5, 5.41) is 1.76. The van der Waals surface area contributed by atoms with E-state index in [0.717, 1.165) is 22.2 Å². The number of aryl methyl sites for hydroxylation is 2. The summed E-state index contributed by atoms with van der Waals surface area (Å²) < 4.78 is 0. The summed E-state index contributed by atoms with van der Waals surface area (Å²) >= 11 is 7.76. The van der Waals surface area contributed by atoms with E-state index in [-0.39, 0.29) is 6.04 Å². The Balaban J connectivity index is 2.32. The van der Waals surface area contributed by atoms with Crippen molar-refractivity contribution < 1.29 is 0 Å². The molecular formula is C16H19ClN2S. The van der Waals surface area contributed by atoms with Gasteiger partial charge in [0.2, 0.25) is 0 Å². The monoisotopic (exact) mass is 306 g/mol. The van der Waals surface area contributed by atoms with E-state index in [1.165, 1.54) is 16.0 Å². The summed E-state index contributed by atoms with van der Waals surface area (Å²) in [5.74, 6) is 0. The maximum Gasteiger partial charge on any atom is 0.101 e. The Kier molecular flexibility index (Phi) is 5.08. The molecule has 0 saturated carbocycles. The van der Waals surface area contributed by atoms with Crippen LogP contribution in [-0.4, -0.2) is 11.0 Å².